The van der Waals surface area contributed by atoms with Crippen molar-refractivity contribution in [3.8, 4) is 0 Å². The fourth-order valence-corrected chi connectivity index (χ4v) is 4.32. The summed E-state index contributed by atoms with van der Waals surface area (Å²) in [6.45, 7) is 2.30. The molecular weight excluding hydrogens is 240 g/mol. The molecule has 2 unspecified atom stereocenters. The summed E-state index contributed by atoms with van der Waals surface area (Å²) in [5.74, 6) is 2.06. The Balaban J connectivity index is 1.70. The van der Waals surface area contributed by atoms with Crippen LogP contribution < -0.4 is 0 Å². The van der Waals surface area contributed by atoms with E-state index in [1.165, 1.54) is 96.3 Å². The first kappa shape index (κ1) is 16.1. The summed E-state index contributed by atoms with van der Waals surface area (Å²) in [7, 11) is 0. The van der Waals surface area contributed by atoms with Crippen molar-refractivity contribution in [2.45, 2.75) is 103 Å². The Morgan fingerprint density at radius 2 is 1.65 bits per heavy atom. The predicted octanol–water partition coefficient (Wildman–Crippen LogP) is 7.04. The molecule has 2 rings (SSSR count). The third-order valence-electron chi connectivity index (χ3n) is 5.65. The minimum atomic E-state index is 0.973. The van der Waals surface area contributed by atoms with E-state index < -0.39 is 0 Å². The SMILES string of the molecule is CCCCCCCCC=C1CCCC2CCCC1CC2. The topological polar surface area (TPSA) is 0 Å². The molecule has 116 valence electrons. The van der Waals surface area contributed by atoms with Crippen LogP contribution >= 0.6 is 0 Å². The maximum Gasteiger partial charge on any atom is -0.0203 e. The van der Waals surface area contributed by atoms with Gasteiger partial charge in [0, 0.05) is 0 Å². The molecule has 2 aliphatic rings. The number of hydrogen-bond acceptors (Lipinski definition) is 0. The predicted molar refractivity (Wildman–Crippen MR) is 90.0 cm³/mol. The van der Waals surface area contributed by atoms with Gasteiger partial charge in [0.15, 0.2) is 0 Å². The second-order valence-corrected chi connectivity index (χ2v) is 7.30. The van der Waals surface area contributed by atoms with E-state index in [1.807, 2.05) is 5.57 Å². The van der Waals surface area contributed by atoms with Gasteiger partial charge in [0.2, 0.25) is 0 Å². The highest BCUT2D eigenvalue weighted by atomic mass is 14.3. The molecule has 0 radical (unpaired) electrons. The van der Waals surface area contributed by atoms with E-state index >= 15 is 0 Å². The lowest BCUT2D eigenvalue weighted by Gasteiger charge is -2.23. The summed E-state index contributed by atoms with van der Waals surface area (Å²) < 4.78 is 0. The van der Waals surface area contributed by atoms with Gasteiger partial charge in [0.25, 0.3) is 0 Å². The van der Waals surface area contributed by atoms with E-state index in [1.54, 1.807) is 0 Å². The van der Waals surface area contributed by atoms with Gasteiger partial charge in [-0.15, -0.1) is 0 Å². The molecule has 0 N–H and O–H groups in total. The molecule has 2 atom stereocenters. The molecule has 0 saturated heterocycles. The lowest BCUT2D eigenvalue weighted by atomic mass is 9.83. The van der Waals surface area contributed by atoms with Crippen LogP contribution in [0.3, 0.4) is 0 Å². The third-order valence-corrected chi connectivity index (χ3v) is 5.65. The van der Waals surface area contributed by atoms with Crippen LogP contribution in [0.4, 0.5) is 0 Å². The number of hydrogen-bond donors (Lipinski definition) is 0. The average Bonchev–Trinajstić information content (AvgIpc) is 2.63. The summed E-state index contributed by atoms with van der Waals surface area (Å²) in [6.07, 6.45) is 24.6. The van der Waals surface area contributed by atoms with Gasteiger partial charge in [-0.3, -0.25) is 0 Å². The molecule has 2 bridgehead atoms. The second-order valence-electron chi connectivity index (χ2n) is 7.30. The molecule has 20 heavy (non-hydrogen) atoms. The molecule has 2 aliphatic carbocycles. The van der Waals surface area contributed by atoms with E-state index in [0.29, 0.717) is 0 Å². The van der Waals surface area contributed by atoms with Crippen molar-refractivity contribution >= 4 is 0 Å². The lowest BCUT2D eigenvalue weighted by Crippen LogP contribution is -2.08. The Morgan fingerprint density at radius 1 is 0.850 bits per heavy atom. The molecule has 0 aliphatic heterocycles. The largest absolute Gasteiger partial charge is 0.0851 e. The molecule has 0 aromatic carbocycles. The number of unbranched alkanes of at least 4 members (excludes halogenated alkanes) is 6. The fraction of sp³-hybridized carbons (Fsp3) is 0.900. The van der Waals surface area contributed by atoms with Crippen LogP contribution in [0.2, 0.25) is 0 Å². The van der Waals surface area contributed by atoms with Crippen LogP contribution in [0.15, 0.2) is 11.6 Å². The molecule has 0 spiro atoms. The first-order chi connectivity index (χ1) is 9.90. The average molecular weight is 277 g/mol. The van der Waals surface area contributed by atoms with E-state index in [4.69, 9.17) is 0 Å². The molecule has 0 nitrogen and oxygen atoms in total. The normalized spacial score (nSPS) is 29.1. The van der Waals surface area contributed by atoms with Crippen molar-refractivity contribution in [2.24, 2.45) is 11.8 Å². The molecule has 0 amide bonds. The summed E-state index contributed by atoms with van der Waals surface area (Å²) in [4.78, 5) is 0. The standard InChI is InChI=1S/C20H36/c1-2-3-4-5-6-7-8-13-19-14-9-11-18-12-10-15-20(19)17-16-18/h13,18,20H,2-12,14-17H2,1H3. The minimum Gasteiger partial charge on any atom is -0.0851 e. The van der Waals surface area contributed by atoms with Crippen LogP contribution in [0.1, 0.15) is 103 Å². The van der Waals surface area contributed by atoms with Crippen LogP contribution in [0.25, 0.3) is 0 Å². The first-order valence-corrected chi connectivity index (χ1v) is 9.59. The van der Waals surface area contributed by atoms with Crippen LogP contribution in [-0.2, 0) is 0 Å². The molecule has 0 aromatic rings. The van der Waals surface area contributed by atoms with Gasteiger partial charge in [-0.2, -0.15) is 0 Å². The van der Waals surface area contributed by atoms with Crippen molar-refractivity contribution in [1.82, 2.24) is 0 Å². The molecule has 2 saturated carbocycles. The van der Waals surface area contributed by atoms with Crippen LogP contribution in [0.5, 0.6) is 0 Å². The Hall–Kier alpha value is -0.260. The zero-order valence-electron chi connectivity index (χ0n) is 13.8. The van der Waals surface area contributed by atoms with Gasteiger partial charge in [-0.05, 0) is 56.8 Å². The van der Waals surface area contributed by atoms with Gasteiger partial charge in [0.1, 0.15) is 0 Å². The van der Waals surface area contributed by atoms with Gasteiger partial charge < -0.3 is 0 Å². The van der Waals surface area contributed by atoms with Crippen molar-refractivity contribution in [2.75, 3.05) is 0 Å². The van der Waals surface area contributed by atoms with Crippen molar-refractivity contribution in [1.29, 1.82) is 0 Å². The Labute approximate surface area is 127 Å². The van der Waals surface area contributed by atoms with Gasteiger partial charge in [0.05, 0.1) is 0 Å². The Kier molecular flexibility index (Phi) is 7.76. The van der Waals surface area contributed by atoms with Gasteiger partial charge in [-0.1, -0.05) is 69.9 Å². The fourth-order valence-electron chi connectivity index (χ4n) is 4.32. The van der Waals surface area contributed by atoms with Crippen LogP contribution in [-0.4, -0.2) is 0 Å². The van der Waals surface area contributed by atoms with Gasteiger partial charge >= 0.3 is 0 Å². The maximum atomic E-state index is 2.66. The third kappa shape index (κ3) is 5.62. The van der Waals surface area contributed by atoms with E-state index in [-0.39, 0.29) is 0 Å². The number of rotatable bonds is 7. The Bertz CT molecular complexity index is 276. The Morgan fingerprint density at radius 3 is 2.55 bits per heavy atom. The molecule has 0 heterocycles. The lowest BCUT2D eigenvalue weighted by molar-refractivity contribution is 0.387. The molecular formula is C20H36. The molecule has 2 fully saturated rings. The summed E-state index contributed by atoms with van der Waals surface area (Å²) in [6, 6.07) is 0. The highest BCUT2D eigenvalue weighted by Crippen LogP contribution is 2.38. The quantitative estimate of drug-likeness (QED) is 0.345. The van der Waals surface area contributed by atoms with E-state index in [0.717, 1.165) is 11.8 Å². The monoisotopic (exact) mass is 276 g/mol. The number of allylic oxidation sites excluding steroid dienone is 2. The van der Waals surface area contributed by atoms with Crippen LogP contribution in [0, 0.1) is 11.8 Å². The molecule has 0 aromatic heterocycles. The summed E-state index contributed by atoms with van der Waals surface area (Å²) >= 11 is 0. The maximum absolute atomic E-state index is 2.66. The zero-order chi connectivity index (χ0) is 14.0. The smallest absolute Gasteiger partial charge is 0.0203 e. The van der Waals surface area contributed by atoms with Crippen molar-refractivity contribution in [3.05, 3.63) is 11.6 Å². The van der Waals surface area contributed by atoms with E-state index in [2.05, 4.69) is 13.0 Å². The van der Waals surface area contributed by atoms with E-state index in [9.17, 15) is 0 Å². The summed E-state index contributed by atoms with van der Waals surface area (Å²) in [5.41, 5.74) is 1.86. The second kappa shape index (κ2) is 9.64. The molecule has 0 heteroatoms. The summed E-state index contributed by atoms with van der Waals surface area (Å²) in [5, 5.41) is 0. The van der Waals surface area contributed by atoms with Crippen molar-refractivity contribution < 1.29 is 0 Å². The first-order valence-electron chi connectivity index (χ1n) is 9.59. The van der Waals surface area contributed by atoms with Crippen molar-refractivity contribution in [3.63, 3.8) is 0 Å². The van der Waals surface area contributed by atoms with Gasteiger partial charge in [-0.25, -0.2) is 0 Å². The highest BCUT2D eigenvalue weighted by molar-refractivity contribution is 5.08. The highest BCUT2D eigenvalue weighted by Gasteiger charge is 2.23. The minimum absolute atomic E-state index is 0.973. The zero-order valence-corrected chi connectivity index (χ0v) is 13.8. The number of fused-ring (bicyclic) bond motifs is 3.